The molecule has 0 fully saturated rings. The highest BCUT2D eigenvalue weighted by Gasteiger charge is 2.21. The minimum atomic E-state index is 0.867. The molecule has 0 saturated heterocycles. The van der Waals surface area contributed by atoms with Gasteiger partial charge < -0.3 is 0 Å². The van der Waals surface area contributed by atoms with E-state index in [9.17, 15) is 0 Å². The summed E-state index contributed by atoms with van der Waals surface area (Å²) in [5.41, 5.74) is 6.76. The van der Waals surface area contributed by atoms with E-state index in [2.05, 4.69) is 90.1 Å². The highest BCUT2D eigenvalue weighted by Crippen LogP contribution is 2.39. The quantitative estimate of drug-likeness (QED) is 0.519. The molecule has 0 atom stereocenters. The Kier molecular flexibility index (Phi) is 4.37. The third-order valence-electron chi connectivity index (χ3n) is 3.63. The minimum absolute atomic E-state index is 0.867. The first-order valence-corrected chi connectivity index (χ1v) is 9.14. The summed E-state index contributed by atoms with van der Waals surface area (Å²) in [5.74, 6) is 0. The molecular formula is C16H14Br3N. The third-order valence-corrected chi connectivity index (χ3v) is 5.39. The van der Waals surface area contributed by atoms with Crippen LogP contribution < -0.4 is 0 Å². The molecule has 0 spiro atoms. The van der Waals surface area contributed by atoms with Gasteiger partial charge in [0.25, 0.3) is 0 Å². The zero-order valence-corrected chi connectivity index (χ0v) is 15.8. The molecular weight excluding hydrogens is 446 g/mol. The number of nitrogens with zero attached hydrogens (tertiary/aromatic N) is 1. The van der Waals surface area contributed by atoms with Gasteiger partial charge >= 0.3 is 0 Å². The molecule has 0 N–H and O–H groups in total. The van der Waals surface area contributed by atoms with Crippen molar-refractivity contribution in [1.29, 1.82) is 0 Å². The van der Waals surface area contributed by atoms with Crippen LogP contribution in [0.2, 0.25) is 0 Å². The molecule has 3 rings (SSSR count). The van der Waals surface area contributed by atoms with Crippen molar-refractivity contribution >= 4 is 47.8 Å². The summed E-state index contributed by atoms with van der Waals surface area (Å²) in [7, 11) is 2.17. The van der Waals surface area contributed by atoms with Crippen molar-refractivity contribution in [2.45, 2.75) is 18.4 Å². The average Bonchev–Trinajstić information content (AvgIpc) is 2.78. The molecule has 0 unspecified atom stereocenters. The zero-order chi connectivity index (χ0) is 14.3. The minimum Gasteiger partial charge on any atom is -0.298 e. The fourth-order valence-electron chi connectivity index (χ4n) is 2.79. The van der Waals surface area contributed by atoms with Gasteiger partial charge in [-0.2, -0.15) is 0 Å². The molecule has 1 heterocycles. The van der Waals surface area contributed by atoms with E-state index in [4.69, 9.17) is 0 Å². The van der Waals surface area contributed by atoms with Crippen molar-refractivity contribution in [3.63, 3.8) is 0 Å². The lowest BCUT2D eigenvalue weighted by Crippen LogP contribution is -2.07. The average molecular weight is 460 g/mol. The molecule has 104 valence electrons. The van der Waals surface area contributed by atoms with E-state index in [-0.39, 0.29) is 0 Å². The summed E-state index contributed by atoms with van der Waals surface area (Å²) in [6, 6.07) is 11.0. The standard InChI is InChI=1S/C16H14Br3N/c1-20-8-11-2-3-15(19)16(14(11)9-20)12-4-10(7-17)5-13(18)6-12/h2-6H,7-9H2,1H3. The van der Waals surface area contributed by atoms with Gasteiger partial charge in [0, 0.05) is 32.9 Å². The molecule has 0 amide bonds. The highest BCUT2D eigenvalue weighted by molar-refractivity contribution is 9.11. The highest BCUT2D eigenvalue weighted by atomic mass is 79.9. The lowest BCUT2D eigenvalue weighted by Gasteiger charge is -2.13. The van der Waals surface area contributed by atoms with E-state index in [0.29, 0.717) is 0 Å². The number of benzene rings is 2. The fraction of sp³-hybridized carbons (Fsp3) is 0.250. The van der Waals surface area contributed by atoms with Gasteiger partial charge in [-0.3, -0.25) is 4.90 Å². The normalized spacial score (nSPS) is 14.6. The second-order valence-corrected chi connectivity index (χ2v) is 7.54. The van der Waals surface area contributed by atoms with Crippen LogP contribution in [-0.2, 0) is 18.4 Å². The number of halogens is 3. The van der Waals surface area contributed by atoms with Gasteiger partial charge in [0.15, 0.2) is 0 Å². The van der Waals surface area contributed by atoms with Crippen LogP contribution in [0, 0.1) is 0 Å². The maximum atomic E-state index is 3.73. The van der Waals surface area contributed by atoms with Crippen LogP contribution in [-0.4, -0.2) is 11.9 Å². The first kappa shape index (κ1) is 14.8. The first-order chi connectivity index (χ1) is 9.58. The molecule has 4 heteroatoms. The van der Waals surface area contributed by atoms with Crippen LogP contribution in [0.15, 0.2) is 39.3 Å². The largest absolute Gasteiger partial charge is 0.298 e. The smallest absolute Gasteiger partial charge is 0.0283 e. The monoisotopic (exact) mass is 457 g/mol. The third kappa shape index (κ3) is 2.76. The number of hydrogen-bond acceptors (Lipinski definition) is 1. The predicted octanol–water partition coefficient (Wildman–Crippen LogP) is 5.72. The van der Waals surface area contributed by atoms with Crippen molar-refractivity contribution in [2.24, 2.45) is 0 Å². The summed E-state index contributed by atoms with van der Waals surface area (Å²) in [4.78, 5) is 2.35. The SMILES string of the molecule is CN1Cc2ccc(Br)c(-c3cc(Br)cc(CBr)c3)c2C1. The Bertz CT molecular complexity index is 667. The molecule has 0 aliphatic carbocycles. The van der Waals surface area contributed by atoms with Crippen LogP contribution in [0.3, 0.4) is 0 Å². The Hall–Kier alpha value is -0.160. The Labute approximate surface area is 144 Å². The lowest BCUT2D eigenvalue weighted by atomic mass is 9.96. The summed E-state index contributed by atoms with van der Waals surface area (Å²) in [6.07, 6.45) is 0. The molecule has 2 aromatic carbocycles. The first-order valence-electron chi connectivity index (χ1n) is 6.43. The number of rotatable bonds is 2. The van der Waals surface area contributed by atoms with E-state index in [1.54, 1.807) is 0 Å². The van der Waals surface area contributed by atoms with Crippen LogP contribution in [0.25, 0.3) is 11.1 Å². The Balaban J connectivity index is 2.20. The molecule has 1 aliphatic rings. The van der Waals surface area contributed by atoms with Crippen LogP contribution in [0.1, 0.15) is 16.7 Å². The van der Waals surface area contributed by atoms with Crippen molar-refractivity contribution in [3.8, 4) is 11.1 Å². The van der Waals surface area contributed by atoms with Gasteiger partial charge in [-0.1, -0.05) is 59.9 Å². The number of alkyl halides is 1. The molecule has 0 saturated carbocycles. The summed E-state index contributed by atoms with van der Waals surface area (Å²) in [6.45, 7) is 2.05. The topological polar surface area (TPSA) is 3.24 Å². The Morgan fingerprint density at radius 2 is 1.90 bits per heavy atom. The van der Waals surface area contributed by atoms with Gasteiger partial charge in [-0.25, -0.2) is 0 Å². The van der Waals surface area contributed by atoms with Gasteiger partial charge in [0.2, 0.25) is 0 Å². The van der Waals surface area contributed by atoms with Crippen molar-refractivity contribution < 1.29 is 0 Å². The second kappa shape index (κ2) is 5.91. The maximum absolute atomic E-state index is 3.73. The van der Waals surface area contributed by atoms with Gasteiger partial charge in [-0.15, -0.1) is 0 Å². The molecule has 1 aliphatic heterocycles. The van der Waals surface area contributed by atoms with E-state index < -0.39 is 0 Å². The van der Waals surface area contributed by atoms with Gasteiger partial charge in [-0.05, 0) is 47.5 Å². The lowest BCUT2D eigenvalue weighted by molar-refractivity contribution is 0.353. The van der Waals surface area contributed by atoms with Gasteiger partial charge in [0.05, 0.1) is 0 Å². The van der Waals surface area contributed by atoms with Crippen LogP contribution in [0.4, 0.5) is 0 Å². The predicted molar refractivity (Wildman–Crippen MR) is 95.1 cm³/mol. The van der Waals surface area contributed by atoms with Crippen molar-refractivity contribution in [2.75, 3.05) is 7.05 Å². The zero-order valence-electron chi connectivity index (χ0n) is 11.1. The fourth-order valence-corrected chi connectivity index (χ4v) is 4.26. The molecule has 0 bridgehead atoms. The molecule has 2 aromatic rings. The van der Waals surface area contributed by atoms with E-state index in [0.717, 1.165) is 22.9 Å². The Morgan fingerprint density at radius 1 is 1.10 bits per heavy atom. The van der Waals surface area contributed by atoms with Crippen LogP contribution in [0.5, 0.6) is 0 Å². The van der Waals surface area contributed by atoms with E-state index >= 15 is 0 Å². The molecule has 0 aromatic heterocycles. The summed E-state index contributed by atoms with van der Waals surface area (Å²) in [5, 5.41) is 0.867. The molecule has 20 heavy (non-hydrogen) atoms. The van der Waals surface area contributed by atoms with E-state index in [1.807, 2.05) is 0 Å². The second-order valence-electron chi connectivity index (χ2n) is 5.21. The number of fused-ring (bicyclic) bond motifs is 1. The molecule has 0 radical (unpaired) electrons. The van der Waals surface area contributed by atoms with Crippen molar-refractivity contribution in [3.05, 3.63) is 56.0 Å². The van der Waals surface area contributed by atoms with Crippen LogP contribution >= 0.6 is 47.8 Å². The molecule has 1 nitrogen and oxygen atoms in total. The number of hydrogen-bond donors (Lipinski definition) is 0. The van der Waals surface area contributed by atoms with Crippen molar-refractivity contribution in [1.82, 2.24) is 4.90 Å². The van der Waals surface area contributed by atoms with Gasteiger partial charge in [0.1, 0.15) is 0 Å². The maximum Gasteiger partial charge on any atom is 0.0283 e. The summed E-state index contributed by atoms with van der Waals surface area (Å²) >= 11 is 10.9. The Morgan fingerprint density at radius 3 is 2.65 bits per heavy atom. The van der Waals surface area contributed by atoms with E-state index in [1.165, 1.54) is 32.3 Å². The summed E-state index contributed by atoms with van der Waals surface area (Å²) < 4.78 is 2.30.